The number of hydrogen-bond donors (Lipinski definition) is 1. The number of terminal acetylenes is 1. The van der Waals surface area contributed by atoms with Gasteiger partial charge in [-0.1, -0.05) is 12.0 Å². The molecule has 0 unspecified atom stereocenters. The van der Waals surface area contributed by atoms with Gasteiger partial charge in [-0.2, -0.15) is 0 Å². The number of rotatable bonds is 6. The van der Waals surface area contributed by atoms with Crippen molar-refractivity contribution < 1.29 is 19.4 Å². The second-order valence-corrected chi connectivity index (χ2v) is 4.18. The first-order valence-corrected chi connectivity index (χ1v) is 5.52. The van der Waals surface area contributed by atoms with Gasteiger partial charge < -0.3 is 14.6 Å². The Morgan fingerprint density at radius 3 is 2.78 bits per heavy atom. The van der Waals surface area contributed by atoms with Gasteiger partial charge in [-0.05, 0) is 32.0 Å². The second-order valence-electron chi connectivity index (χ2n) is 4.18. The summed E-state index contributed by atoms with van der Waals surface area (Å²) in [5, 5.41) is 8.82. The number of ether oxygens (including phenoxy) is 2. The number of benzene rings is 1. The number of carbonyl (C=O) groups is 1. The standard InChI is InChI=1S/C14H16O4/c1-4-14(2,3)18-9-8-17-12-7-5-6-11(10-12)13(15)16/h1,5-7,10H,8-9H2,2-3H3,(H,15,16). The van der Waals surface area contributed by atoms with Crippen molar-refractivity contribution >= 4 is 5.97 Å². The lowest BCUT2D eigenvalue weighted by Gasteiger charge is -2.18. The molecule has 1 N–H and O–H groups in total. The van der Waals surface area contributed by atoms with Gasteiger partial charge in [-0.15, -0.1) is 6.42 Å². The van der Waals surface area contributed by atoms with E-state index < -0.39 is 11.6 Å². The van der Waals surface area contributed by atoms with Crippen LogP contribution in [0.25, 0.3) is 0 Å². The summed E-state index contributed by atoms with van der Waals surface area (Å²) in [5.74, 6) is 2.02. The summed E-state index contributed by atoms with van der Waals surface area (Å²) in [6.07, 6.45) is 5.27. The monoisotopic (exact) mass is 248 g/mol. The number of hydrogen-bond acceptors (Lipinski definition) is 3. The molecule has 0 amide bonds. The van der Waals surface area contributed by atoms with Gasteiger partial charge in [0.1, 0.15) is 18.0 Å². The largest absolute Gasteiger partial charge is 0.491 e. The first-order valence-electron chi connectivity index (χ1n) is 5.52. The molecule has 0 aliphatic carbocycles. The lowest BCUT2D eigenvalue weighted by Crippen LogP contribution is -2.24. The van der Waals surface area contributed by atoms with Crippen LogP contribution in [0.4, 0.5) is 0 Å². The zero-order valence-electron chi connectivity index (χ0n) is 10.5. The second kappa shape index (κ2) is 6.08. The fourth-order valence-corrected chi connectivity index (χ4v) is 1.22. The van der Waals surface area contributed by atoms with Crippen LogP contribution in [0.15, 0.2) is 24.3 Å². The van der Waals surface area contributed by atoms with Crippen molar-refractivity contribution in [1.29, 1.82) is 0 Å². The molecule has 1 aromatic rings. The van der Waals surface area contributed by atoms with E-state index in [1.165, 1.54) is 12.1 Å². The average Bonchev–Trinajstić information content (AvgIpc) is 2.35. The first kappa shape index (κ1) is 14.1. The van der Waals surface area contributed by atoms with Crippen LogP contribution in [0, 0.1) is 12.3 Å². The van der Waals surface area contributed by atoms with Crippen LogP contribution in [0.1, 0.15) is 24.2 Å². The number of carboxylic acid groups (broad SMARTS) is 1. The van der Waals surface area contributed by atoms with E-state index in [1.54, 1.807) is 26.0 Å². The molecule has 0 aromatic heterocycles. The van der Waals surface area contributed by atoms with Gasteiger partial charge in [-0.3, -0.25) is 0 Å². The van der Waals surface area contributed by atoms with E-state index in [2.05, 4.69) is 5.92 Å². The Hall–Kier alpha value is -1.99. The highest BCUT2D eigenvalue weighted by molar-refractivity contribution is 5.87. The SMILES string of the molecule is C#CC(C)(C)OCCOc1cccc(C(=O)O)c1. The smallest absolute Gasteiger partial charge is 0.335 e. The molecule has 96 valence electrons. The van der Waals surface area contributed by atoms with Crippen LogP contribution in [-0.4, -0.2) is 29.9 Å². The van der Waals surface area contributed by atoms with E-state index in [4.69, 9.17) is 21.0 Å². The van der Waals surface area contributed by atoms with Crippen molar-refractivity contribution in [2.75, 3.05) is 13.2 Å². The van der Waals surface area contributed by atoms with Crippen molar-refractivity contribution in [2.24, 2.45) is 0 Å². The maximum Gasteiger partial charge on any atom is 0.335 e. The predicted molar refractivity (Wildman–Crippen MR) is 67.8 cm³/mol. The molecule has 1 rings (SSSR count). The molecule has 4 heteroatoms. The van der Waals surface area contributed by atoms with Crippen molar-refractivity contribution in [1.82, 2.24) is 0 Å². The van der Waals surface area contributed by atoms with Crippen molar-refractivity contribution in [2.45, 2.75) is 19.4 Å². The normalized spacial score (nSPS) is 10.7. The van der Waals surface area contributed by atoms with Crippen molar-refractivity contribution in [3.05, 3.63) is 29.8 Å². The maximum absolute atomic E-state index is 10.8. The summed E-state index contributed by atoms with van der Waals surface area (Å²) in [5.41, 5.74) is -0.427. The molecule has 0 atom stereocenters. The van der Waals surface area contributed by atoms with Crippen LogP contribution in [0.5, 0.6) is 5.75 Å². The summed E-state index contributed by atoms with van der Waals surface area (Å²) in [6.45, 7) is 4.23. The third-order valence-electron chi connectivity index (χ3n) is 2.24. The Morgan fingerprint density at radius 2 is 2.17 bits per heavy atom. The third kappa shape index (κ3) is 4.48. The predicted octanol–water partition coefficient (Wildman–Crippen LogP) is 2.19. The molecule has 0 heterocycles. The van der Waals surface area contributed by atoms with Gasteiger partial charge in [0.25, 0.3) is 0 Å². The van der Waals surface area contributed by atoms with Crippen molar-refractivity contribution in [3.8, 4) is 18.1 Å². The molecule has 0 spiro atoms. The molecule has 4 nitrogen and oxygen atoms in total. The Kier molecular flexibility index (Phi) is 4.75. The number of carboxylic acids is 1. The highest BCUT2D eigenvalue weighted by Gasteiger charge is 2.13. The minimum Gasteiger partial charge on any atom is -0.491 e. The average molecular weight is 248 g/mol. The van der Waals surface area contributed by atoms with Crippen molar-refractivity contribution in [3.63, 3.8) is 0 Å². The van der Waals surface area contributed by atoms with Crippen LogP contribution < -0.4 is 4.74 Å². The first-order chi connectivity index (χ1) is 8.44. The van der Waals surface area contributed by atoms with Gasteiger partial charge >= 0.3 is 5.97 Å². The summed E-state index contributed by atoms with van der Waals surface area (Å²) >= 11 is 0. The van der Waals surface area contributed by atoms with Crippen LogP contribution in [-0.2, 0) is 4.74 Å². The molecule has 0 saturated heterocycles. The Balaban J connectivity index is 2.43. The molecule has 0 radical (unpaired) electrons. The van der Waals surface area contributed by atoms with Gasteiger partial charge in [-0.25, -0.2) is 4.79 Å². The molecule has 0 bridgehead atoms. The van der Waals surface area contributed by atoms with E-state index in [-0.39, 0.29) is 5.56 Å². The molecule has 0 aliphatic rings. The maximum atomic E-state index is 10.8. The van der Waals surface area contributed by atoms with E-state index in [0.29, 0.717) is 19.0 Å². The molecule has 1 aromatic carbocycles. The molecular formula is C14H16O4. The highest BCUT2D eigenvalue weighted by atomic mass is 16.5. The third-order valence-corrected chi connectivity index (χ3v) is 2.24. The molecular weight excluding hydrogens is 232 g/mol. The van der Waals surface area contributed by atoms with E-state index in [0.717, 1.165) is 0 Å². The van der Waals surface area contributed by atoms with Gasteiger partial charge in [0, 0.05) is 0 Å². The van der Waals surface area contributed by atoms with Crippen LogP contribution in [0.3, 0.4) is 0 Å². The summed E-state index contributed by atoms with van der Waals surface area (Å²) in [6, 6.07) is 6.30. The van der Waals surface area contributed by atoms with E-state index in [1.807, 2.05) is 0 Å². The highest BCUT2D eigenvalue weighted by Crippen LogP contribution is 2.13. The van der Waals surface area contributed by atoms with Crippen LogP contribution >= 0.6 is 0 Å². The van der Waals surface area contributed by atoms with Gasteiger partial charge in [0.15, 0.2) is 0 Å². The lowest BCUT2D eigenvalue weighted by atomic mass is 10.1. The van der Waals surface area contributed by atoms with E-state index >= 15 is 0 Å². The topological polar surface area (TPSA) is 55.8 Å². The Bertz CT molecular complexity index is 457. The zero-order chi connectivity index (χ0) is 13.6. The summed E-state index contributed by atoms with van der Waals surface area (Å²) in [4.78, 5) is 10.8. The fraction of sp³-hybridized carbons (Fsp3) is 0.357. The van der Waals surface area contributed by atoms with Gasteiger partial charge in [0.05, 0.1) is 12.2 Å². The molecule has 0 fully saturated rings. The summed E-state index contributed by atoms with van der Waals surface area (Å²) in [7, 11) is 0. The molecule has 0 saturated carbocycles. The minimum absolute atomic E-state index is 0.192. The van der Waals surface area contributed by atoms with E-state index in [9.17, 15) is 4.79 Å². The summed E-state index contributed by atoms with van der Waals surface area (Å²) < 4.78 is 10.8. The van der Waals surface area contributed by atoms with Crippen LogP contribution in [0.2, 0.25) is 0 Å². The molecule has 18 heavy (non-hydrogen) atoms. The Labute approximate surface area is 107 Å². The fourth-order valence-electron chi connectivity index (χ4n) is 1.22. The quantitative estimate of drug-likeness (QED) is 0.619. The zero-order valence-corrected chi connectivity index (χ0v) is 10.5. The lowest BCUT2D eigenvalue weighted by molar-refractivity contribution is 0.0105. The molecule has 0 aliphatic heterocycles. The minimum atomic E-state index is -0.981. The van der Waals surface area contributed by atoms with Gasteiger partial charge in [0.2, 0.25) is 0 Å². The Morgan fingerprint density at radius 1 is 1.44 bits per heavy atom. The number of aromatic carboxylic acids is 1.